The molecule has 12 rings (SSSR count). The fourth-order valence-corrected chi connectivity index (χ4v) is 10.8. The molecule has 1 aliphatic rings. The zero-order valence-corrected chi connectivity index (χ0v) is 32.2. The molecule has 0 spiro atoms. The van der Waals surface area contributed by atoms with Gasteiger partial charge in [0.25, 0.3) is 0 Å². The van der Waals surface area contributed by atoms with E-state index >= 15 is 0 Å². The van der Waals surface area contributed by atoms with Gasteiger partial charge >= 0.3 is 0 Å². The van der Waals surface area contributed by atoms with Crippen molar-refractivity contribution in [2.24, 2.45) is 9.98 Å². The zero-order chi connectivity index (χ0) is 37.5. The highest BCUT2D eigenvalue weighted by Gasteiger charge is 2.22. The van der Waals surface area contributed by atoms with Crippen LogP contribution in [-0.4, -0.2) is 16.2 Å². The van der Waals surface area contributed by atoms with E-state index in [2.05, 4.69) is 168 Å². The highest BCUT2D eigenvalue weighted by Crippen LogP contribution is 2.41. The number of hydrogen-bond acceptors (Lipinski definition) is 5. The lowest BCUT2D eigenvalue weighted by Crippen LogP contribution is -2.33. The summed E-state index contributed by atoms with van der Waals surface area (Å²) in [7, 11) is 0. The van der Waals surface area contributed by atoms with E-state index in [1.165, 1.54) is 79.0 Å². The number of aromatic nitrogens is 1. The maximum atomic E-state index is 5.12. The Morgan fingerprint density at radius 1 is 0.421 bits per heavy atom. The van der Waals surface area contributed by atoms with E-state index in [0.29, 0.717) is 0 Å². The third-order valence-corrected chi connectivity index (χ3v) is 13.5. The first kappa shape index (κ1) is 32.4. The number of para-hydroxylation sites is 2. The van der Waals surface area contributed by atoms with Crippen LogP contribution in [-0.2, 0) is 0 Å². The van der Waals surface area contributed by atoms with Crippen molar-refractivity contribution < 1.29 is 0 Å². The minimum absolute atomic E-state index is 0.227. The van der Waals surface area contributed by atoms with Crippen molar-refractivity contribution in [1.82, 2.24) is 9.88 Å². The molecule has 0 saturated carbocycles. The fraction of sp³-hybridized carbons (Fsp3) is 0.0196. The number of thiophene rings is 2. The Morgan fingerprint density at radius 2 is 0.982 bits per heavy atom. The molecule has 57 heavy (non-hydrogen) atoms. The molecule has 1 unspecified atom stereocenters. The molecule has 0 radical (unpaired) electrons. The van der Waals surface area contributed by atoms with E-state index in [1.54, 1.807) is 0 Å². The van der Waals surface area contributed by atoms with Crippen molar-refractivity contribution in [1.29, 1.82) is 0 Å². The van der Waals surface area contributed by atoms with Crippen molar-refractivity contribution in [3.63, 3.8) is 0 Å². The minimum Gasteiger partial charge on any atom is -0.344 e. The molecular formula is C51H32N4S2. The van der Waals surface area contributed by atoms with Gasteiger partial charge in [-0.1, -0.05) is 127 Å². The minimum atomic E-state index is -0.227. The first-order chi connectivity index (χ1) is 28.2. The van der Waals surface area contributed by atoms with E-state index in [-0.39, 0.29) is 6.17 Å². The Bertz CT molecular complexity index is 3390. The Hall–Kier alpha value is -6.86. The van der Waals surface area contributed by atoms with Crippen LogP contribution < -0.4 is 5.32 Å². The van der Waals surface area contributed by atoms with Crippen molar-refractivity contribution in [2.75, 3.05) is 0 Å². The summed E-state index contributed by atoms with van der Waals surface area (Å²) in [5.41, 5.74) is 9.27. The summed E-state index contributed by atoms with van der Waals surface area (Å²) in [6.45, 7) is 0. The van der Waals surface area contributed by atoms with Crippen LogP contribution in [0.1, 0.15) is 22.9 Å². The summed E-state index contributed by atoms with van der Waals surface area (Å²) in [5, 5.41) is 11.3. The lowest BCUT2D eigenvalue weighted by atomic mass is 10.0. The summed E-state index contributed by atoms with van der Waals surface area (Å²) in [6, 6.07) is 65.6. The van der Waals surface area contributed by atoms with Crippen LogP contribution in [0, 0.1) is 0 Å². The number of hydrogen-bond donors (Lipinski definition) is 1. The lowest BCUT2D eigenvalue weighted by molar-refractivity contribution is 0.674. The van der Waals surface area contributed by atoms with Crippen LogP contribution in [0.4, 0.5) is 0 Å². The quantitative estimate of drug-likeness (QED) is 0.186. The molecule has 0 bridgehead atoms. The molecule has 0 aliphatic carbocycles. The van der Waals surface area contributed by atoms with E-state index < -0.39 is 0 Å². The zero-order valence-electron chi connectivity index (χ0n) is 30.6. The molecule has 6 heteroatoms. The maximum Gasteiger partial charge on any atom is 0.159 e. The molecule has 1 atom stereocenters. The molecule has 4 nitrogen and oxygen atoms in total. The van der Waals surface area contributed by atoms with Crippen LogP contribution in [0.3, 0.4) is 0 Å². The van der Waals surface area contributed by atoms with Gasteiger partial charge in [-0.15, -0.1) is 22.7 Å². The van der Waals surface area contributed by atoms with Crippen LogP contribution in [0.2, 0.25) is 0 Å². The third-order valence-electron chi connectivity index (χ3n) is 11.3. The first-order valence-electron chi connectivity index (χ1n) is 19.2. The largest absolute Gasteiger partial charge is 0.344 e. The van der Waals surface area contributed by atoms with Crippen molar-refractivity contribution >= 4 is 96.5 Å². The second kappa shape index (κ2) is 12.8. The normalized spacial score (nSPS) is 14.5. The van der Waals surface area contributed by atoms with Crippen molar-refractivity contribution in [3.05, 3.63) is 199 Å². The Labute approximate surface area is 336 Å². The highest BCUT2D eigenvalue weighted by atomic mass is 32.1. The van der Waals surface area contributed by atoms with Gasteiger partial charge in [0.2, 0.25) is 0 Å². The second-order valence-corrected chi connectivity index (χ2v) is 16.8. The van der Waals surface area contributed by atoms with E-state index in [1.807, 2.05) is 46.9 Å². The number of nitrogens with one attached hydrogen (secondary N) is 1. The van der Waals surface area contributed by atoms with Crippen molar-refractivity contribution in [2.45, 2.75) is 6.17 Å². The van der Waals surface area contributed by atoms with Gasteiger partial charge in [-0.3, -0.25) is 0 Å². The van der Waals surface area contributed by atoms with Gasteiger partial charge in [0, 0.05) is 67.9 Å². The van der Waals surface area contributed by atoms with Gasteiger partial charge in [-0.2, -0.15) is 0 Å². The summed E-state index contributed by atoms with van der Waals surface area (Å²) in [6.07, 6.45) is -0.227. The van der Waals surface area contributed by atoms with Gasteiger partial charge < -0.3 is 9.88 Å². The molecule has 268 valence electrons. The number of rotatable bonds is 5. The van der Waals surface area contributed by atoms with Crippen LogP contribution in [0.15, 0.2) is 192 Å². The van der Waals surface area contributed by atoms with Crippen LogP contribution >= 0.6 is 22.7 Å². The van der Waals surface area contributed by atoms with Gasteiger partial charge in [-0.25, -0.2) is 9.98 Å². The molecule has 4 heterocycles. The molecule has 0 fully saturated rings. The van der Waals surface area contributed by atoms with Gasteiger partial charge in [0.15, 0.2) is 5.84 Å². The molecule has 0 saturated heterocycles. The number of nitrogens with zero attached hydrogens (tertiary/aromatic N) is 3. The highest BCUT2D eigenvalue weighted by molar-refractivity contribution is 7.26. The third kappa shape index (κ3) is 5.33. The summed E-state index contributed by atoms with van der Waals surface area (Å²) >= 11 is 3.70. The van der Waals surface area contributed by atoms with Gasteiger partial charge in [-0.05, 0) is 71.3 Å². The van der Waals surface area contributed by atoms with Gasteiger partial charge in [0.1, 0.15) is 12.0 Å². The molecule has 3 aromatic heterocycles. The number of amidine groups is 2. The van der Waals surface area contributed by atoms with Crippen LogP contribution in [0.5, 0.6) is 0 Å². The molecule has 11 aromatic rings. The Kier molecular flexibility index (Phi) is 7.30. The van der Waals surface area contributed by atoms with E-state index in [4.69, 9.17) is 9.98 Å². The van der Waals surface area contributed by atoms with Crippen molar-refractivity contribution in [3.8, 4) is 16.8 Å². The summed E-state index contributed by atoms with van der Waals surface area (Å²) in [4.78, 5) is 10.2. The van der Waals surface area contributed by atoms with Gasteiger partial charge in [0.05, 0.1) is 11.0 Å². The molecule has 1 aliphatic heterocycles. The maximum absolute atomic E-state index is 5.12. The molecular weight excluding hydrogens is 733 g/mol. The smallest absolute Gasteiger partial charge is 0.159 e. The lowest BCUT2D eigenvalue weighted by Gasteiger charge is -2.23. The van der Waals surface area contributed by atoms with E-state index in [9.17, 15) is 0 Å². The summed E-state index contributed by atoms with van der Waals surface area (Å²) in [5.74, 6) is 1.56. The number of fused-ring (bicyclic) bond motifs is 9. The number of aliphatic imine (C=N–C) groups is 2. The number of benzene rings is 8. The molecule has 1 N–H and O–H groups in total. The predicted molar refractivity (Wildman–Crippen MR) is 244 cm³/mol. The summed E-state index contributed by atoms with van der Waals surface area (Å²) < 4.78 is 7.50. The average Bonchev–Trinajstić information content (AvgIpc) is 3.95. The second-order valence-electron chi connectivity index (χ2n) is 14.6. The standard InChI is InChI=1S/C51H32N4S2/c1-3-11-31(12-4-1)49-52-50(32-13-5-2-6-14-32)54-51(53-49)35-19-23-39-41-27-33(20-25-45(41)56-47(39)29-35)34-21-26-46-42(28-34)40-24-22-36(30-48(40)57-46)55-43-17-9-7-15-37(43)38-16-8-10-18-44(38)55/h1-30,49H,(H,52,53,54). The molecule has 8 aromatic carbocycles. The Balaban J connectivity index is 0.913. The monoisotopic (exact) mass is 764 g/mol. The first-order valence-corrected chi connectivity index (χ1v) is 20.8. The van der Waals surface area contributed by atoms with E-state index in [0.717, 1.165) is 28.4 Å². The SMILES string of the molecule is c1ccc(C2=NC(c3ccc4c(c3)sc3ccc(-c5ccc6sc7cc(-n8c9ccccc9c9ccccc98)ccc7c6c5)cc34)=NC(c3ccccc3)N2)cc1. The average molecular weight is 765 g/mol. The predicted octanol–water partition coefficient (Wildman–Crippen LogP) is 13.7. The van der Waals surface area contributed by atoms with Crippen LogP contribution in [0.25, 0.3) is 79.0 Å². The fourth-order valence-electron chi connectivity index (χ4n) is 8.51. The molecule has 0 amide bonds. The topological polar surface area (TPSA) is 41.7 Å². The Morgan fingerprint density at radius 3 is 1.65 bits per heavy atom.